The van der Waals surface area contributed by atoms with Crippen molar-refractivity contribution >= 4 is 5.97 Å². The van der Waals surface area contributed by atoms with E-state index < -0.39 is 11.9 Å². The van der Waals surface area contributed by atoms with E-state index in [2.05, 4.69) is 15.2 Å². The molecule has 82 valence electrons. The van der Waals surface area contributed by atoms with Gasteiger partial charge < -0.3 is 9.84 Å². The highest BCUT2D eigenvalue weighted by Gasteiger charge is 2.33. The van der Waals surface area contributed by atoms with Crippen molar-refractivity contribution in [3.05, 3.63) is 12.2 Å². The first-order valence-corrected chi connectivity index (χ1v) is 4.95. The van der Waals surface area contributed by atoms with Gasteiger partial charge in [0.05, 0.1) is 0 Å². The van der Waals surface area contributed by atoms with Crippen LogP contribution >= 0.6 is 0 Å². The van der Waals surface area contributed by atoms with Crippen molar-refractivity contribution in [3.63, 3.8) is 0 Å². The van der Waals surface area contributed by atoms with Crippen LogP contribution in [0.3, 0.4) is 0 Å². The molecular weight excluding hydrogens is 198 g/mol. The Bertz CT molecular complexity index is 319. The summed E-state index contributed by atoms with van der Waals surface area (Å²) in [4.78, 5) is 15.1. The van der Waals surface area contributed by atoms with Crippen molar-refractivity contribution in [2.24, 2.45) is 5.92 Å². The molecule has 0 amide bonds. The molecule has 0 bridgehead atoms. The fourth-order valence-electron chi connectivity index (χ4n) is 1.96. The minimum Gasteiger partial charge on any atom is -0.481 e. The number of aromatic amines is 1. The van der Waals surface area contributed by atoms with Crippen molar-refractivity contribution in [1.82, 2.24) is 15.2 Å². The van der Waals surface area contributed by atoms with Crippen LogP contribution in [0.1, 0.15) is 24.6 Å². The molecule has 15 heavy (non-hydrogen) atoms. The number of H-pyrrole nitrogens is 1. The van der Waals surface area contributed by atoms with E-state index in [1.807, 2.05) is 0 Å². The Balaban J connectivity index is 2.15. The van der Waals surface area contributed by atoms with Gasteiger partial charge in [-0.05, 0) is 18.8 Å². The lowest BCUT2D eigenvalue weighted by molar-refractivity contribution is -0.141. The van der Waals surface area contributed by atoms with Gasteiger partial charge in [-0.25, -0.2) is 4.98 Å². The number of carbonyl (C=O) groups is 1. The van der Waals surface area contributed by atoms with E-state index >= 15 is 0 Å². The van der Waals surface area contributed by atoms with Crippen molar-refractivity contribution in [2.45, 2.75) is 18.8 Å². The molecule has 6 heteroatoms. The van der Waals surface area contributed by atoms with E-state index in [-0.39, 0.29) is 5.92 Å². The second-order valence-electron chi connectivity index (χ2n) is 3.64. The lowest BCUT2D eigenvalue weighted by Crippen LogP contribution is -2.28. The van der Waals surface area contributed by atoms with E-state index in [4.69, 9.17) is 9.84 Å². The van der Waals surface area contributed by atoms with Crippen LogP contribution in [0.4, 0.5) is 0 Å². The molecular formula is C9H13N3O3. The number of rotatable bonds is 3. The normalized spacial score (nSPS) is 20.0. The number of hydrogen-bond donors (Lipinski definition) is 2. The van der Waals surface area contributed by atoms with E-state index in [0.717, 1.165) is 12.8 Å². The average molecular weight is 211 g/mol. The zero-order valence-electron chi connectivity index (χ0n) is 8.22. The first-order chi connectivity index (χ1) is 7.29. The summed E-state index contributed by atoms with van der Waals surface area (Å²) in [5.74, 6) is -0.909. The second kappa shape index (κ2) is 4.39. The Hall–Kier alpha value is -1.43. The maximum Gasteiger partial charge on any atom is 0.314 e. The van der Waals surface area contributed by atoms with Crippen molar-refractivity contribution in [2.75, 3.05) is 13.2 Å². The number of carboxylic acids is 1. The largest absolute Gasteiger partial charge is 0.481 e. The Morgan fingerprint density at radius 2 is 2.33 bits per heavy atom. The van der Waals surface area contributed by atoms with Gasteiger partial charge in [0.1, 0.15) is 18.1 Å². The summed E-state index contributed by atoms with van der Waals surface area (Å²) >= 11 is 0. The van der Waals surface area contributed by atoms with Gasteiger partial charge >= 0.3 is 5.97 Å². The Labute approximate surface area is 86.7 Å². The smallest absolute Gasteiger partial charge is 0.314 e. The first-order valence-electron chi connectivity index (χ1n) is 4.95. The topological polar surface area (TPSA) is 88.1 Å². The molecule has 2 heterocycles. The summed E-state index contributed by atoms with van der Waals surface area (Å²) in [7, 11) is 0. The number of ether oxygens (including phenoxy) is 1. The lowest BCUT2D eigenvalue weighted by atomic mass is 9.85. The molecule has 0 saturated carbocycles. The van der Waals surface area contributed by atoms with Crippen LogP contribution in [0.5, 0.6) is 0 Å². The molecule has 0 radical (unpaired) electrons. The summed E-state index contributed by atoms with van der Waals surface area (Å²) in [6.07, 6.45) is 2.86. The minimum atomic E-state index is -0.848. The maximum absolute atomic E-state index is 11.2. The quantitative estimate of drug-likeness (QED) is 0.755. The first kappa shape index (κ1) is 10.1. The van der Waals surface area contributed by atoms with Gasteiger partial charge in [-0.3, -0.25) is 9.89 Å². The maximum atomic E-state index is 11.2. The number of aromatic nitrogens is 3. The van der Waals surface area contributed by atoms with Crippen LogP contribution in [0.15, 0.2) is 6.33 Å². The van der Waals surface area contributed by atoms with Crippen LogP contribution in [0.25, 0.3) is 0 Å². The van der Waals surface area contributed by atoms with E-state index in [9.17, 15) is 4.79 Å². The third-order valence-electron chi connectivity index (χ3n) is 2.73. The molecule has 1 aliphatic rings. The van der Waals surface area contributed by atoms with Crippen LogP contribution < -0.4 is 0 Å². The molecule has 1 atom stereocenters. The van der Waals surface area contributed by atoms with Crippen molar-refractivity contribution in [3.8, 4) is 0 Å². The average Bonchev–Trinajstić information content (AvgIpc) is 2.72. The molecule has 1 saturated heterocycles. The third-order valence-corrected chi connectivity index (χ3v) is 2.73. The van der Waals surface area contributed by atoms with Crippen molar-refractivity contribution in [1.29, 1.82) is 0 Å². The van der Waals surface area contributed by atoms with Gasteiger partial charge in [-0.1, -0.05) is 0 Å². The van der Waals surface area contributed by atoms with E-state index in [1.165, 1.54) is 6.33 Å². The Morgan fingerprint density at radius 1 is 1.60 bits per heavy atom. The zero-order valence-corrected chi connectivity index (χ0v) is 8.22. The SMILES string of the molecule is O=C(O)C(c1ncn[nH]1)C1CCOCC1. The predicted molar refractivity (Wildman–Crippen MR) is 50.3 cm³/mol. The highest BCUT2D eigenvalue weighted by atomic mass is 16.5. The summed E-state index contributed by atoms with van der Waals surface area (Å²) in [5, 5.41) is 15.5. The van der Waals surface area contributed by atoms with Gasteiger partial charge in [0.2, 0.25) is 0 Å². The summed E-state index contributed by atoms with van der Waals surface area (Å²) in [5.41, 5.74) is 0. The van der Waals surface area contributed by atoms with Crippen LogP contribution in [-0.4, -0.2) is 39.5 Å². The van der Waals surface area contributed by atoms with Crippen LogP contribution in [-0.2, 0) is 9.53 Å². The van der Waals surface area contributed by atoms with Gasteiger partial charge in [0.25, 0.3) is 0 Å². The van der Waals surface area contributed by atoms with Gasteiger partial charge in [-0.15, -0.1) is 0 Å². The summed E-state index contributed by atoms with van der Waals surface area (Å²) < 4.78 is 5.21. The zero-order chi connectivity index (χ0) is 10.7. The predicted octanol–water partition coefficient (Wildman–Crippen LogP) is 0.399. The molecule has 0 aromatic carbocycles. The van der Waals surface area contributed by atoms with E-state index in [1.54, 1.807) is 0 Å². The highest BCUT2D eigenvalue weighted by Crippen LogP contribution is 2.30. The molecule has 6 nitrogen and oxygen atoms in total. The lowest BCUT2D eigenvalue weighted by Gasteiger charge is -2.25. The number of aliphatic carboxylic acids is 1. The fraction of sp³-hybridized carbons (Fsp3) is 0.667. The number of nitrogens with zero attached hydrogens (tertiary/aromatic N) is 2. The third kappa shape index (κ3) is 2.15. The summed E-state index contributed by atoms with van der Waals surface area (Å²) in [6.45, 7) is 1.26. The molecule has 1 unspecified atom stereocenters. The molecule has 0 spiro atoms. The standard InChI is InChI=1S/C9H13N3O3/c13-9(14)7(8-10-5-11-12-8)6-1-3-15-4-2-6/h5-7H,1-4H2,(H,13,14)(H,10,11,12). The monoisotopic (exact) mass is 211 g/mol. The van der Waals surface area contributed by atoms with Crippen LogP contribution in [0.2, 0.25) is 0 Å². The molecule has 1 aromatic rings. The number of nitrogens with one attached hydrogen (secondary N) is 1. The van der Waals surface area contributed by atoms with Crippen LogP contribution in [0, 0.1) is 5.92 Å². The molecule has 1 fully saturated rings. The van der Waals surface area contributed by atoms with Crippen molar-refractivity contribution < 1.29 is 14.6 Å². The highest BCUT2D eigenvalue weighted by molar-refractivity contribution is 5.75. The number of hydrogen-bond acceptors (Lipinski definition) is 4. The molecule has 2 N–H and O–H groups in total. The molecule has 0 aliphatic carbocycles. The van der Waals surface area contributed by atoms with Gasteiger partial charge in [-0.2, -0.15) is 5.10 Å². The summed E-state index contributed by atoms with van der Waals surface area (Å²) in [6, 6.07) is 0. The van der Waals surface area contributed by atoms with Gasteiger partial charge in [0, 0.05) is 13.2 Å². The Morgan fingerprint density at radius 3 is 2.87 bits per heavy atom. The molecule has 1 aliphatic heterocycles. The fourth-order valence-corrected chi connectivity index (χ4v) is 1.96. The molecule has 2 rings (SSSR count). The Kier molecular flexibility index (Phi) is 2.96. The van der Waals surface area contributed by atoms with Gasteiger partial charge in [0.15, 0.2) is 0 Å². The van der Waals surface area contributed by atoms with E-state index in [0.29, 0.717) is 19.0 Å². The second-order valence-corrected chi connectivity index (χ2v) is 3.64. The minimum absolute atomic E-state index is 0.0872. The number of carboxylic acid groups (broad SMARTS) is 1. The molecule has 1 aromatic heterocycles.